The fraction of sp³-hybridized carbons (Fsp3) is 0.938. The van der Waals surface area contributed by atoms with E-state index in [9.17, 15) is 9.18 Å². The maximum absolute atomic E-state index is 14.1. The highest BCUT2D eigenvalue weighted by Gasteiger charge is 2.40. The number of halogens is 1. The van der Waals surface area contributed by atoms with Crippen LogP contribution in [0.25, 0.3) is 0 Å². The van der Waals surface area contributed by atoms with Gasteiger partial charge in [-0.25, -0.2) is 9.40 Å². The van der Waals surface area contributed by atoms with Crippen LogP contribution in [0.2, 0.25) is 0 Å². The van der Waals surface area contributed by atoms with Crippen molar-refractivity contribution in [3.63, 3.8) is 0 Å². The van der Waals surface area contributed by atoms with Crippen LogP contribution in [0.15, 0.2) is 0 Å². The van der Waals surface area contributed by atoms with Crippen LogP contribution in [0.3, 0.4) is 0 Å². The molecule has 0 bridgehead atoms. The Bertz CT molecular complexity index is 425. The minimum absolute atomic E-state index is 0.00138. The lowest BCUT2D eigenvalue weighted by Gasteiger charge is -2.29. The van der Waals surface area contributed by atoms with Crippen molar-refractivity contribution in [1.82, 2.24) is 21.2 Å². The lowest BCUT2D eigenvalue weighted by Crippen LogP contribution is -2.49. The van der Waals surface area contributed by atoms with E-state index in [1.165, 1.54) is 0 Å². The first-order chi connectivity index (χ1) is 11.1. The zero-order valence-electron chi connectivity index (χ0n) is 14.1. The van der Waals surface area contributed by atoms with E-state index in [1.807, 2.05) is 11.9 Å². The van der Waals surface area contributed by atoms with Gasteiger partial charge in [0.25, 0.3) is 0 Å². The monoisotopic (exact) mass is 328 g/mol. The van der Waals surface area contributed by atoms with Crippen LogP contribution < -0.4 is 16.2 Å². The molecule has 6 atom stereocenters. The Hall–Kier alpha value is -0.760. The zero-order chi connectivity index (χ0) is 16.4. The fourth-order valence-electron chi connectivity index (χ4n) is 4.12. The maximum atomic E-state index is 14.1. The number of alkyl halides is 1. The standard InChI is InChI=1S/C16H29FN4O2/c1-3-21-14(8-10(2)19-21)16(22)18-15-9-13(20-23-15)11-6-4-5-7-12(11)17/h10-15,19-20H,3-9H2,1-2H3,(H,18,22). The number of hydroxylamine groups is 1. The summed E-state index contributed by atoms with van der Waals surface area (Å²) in [6.45, 7) is 4.88. The number of hydrogen-bond donors (Lipinski definition) is 3. The first kappa shape index (κ1) is 17.1. The normalized spacial score (nSPS) is 42.0. The van der Waals surface area contributed by atoms with Gasteiger partial charge in [0.2, 0.25) is 5.91 Å². The number of likely N-dealkylation sites (N-methyl/N-ethyl adjacent to an activating group) is 1. The van der Waals surface area contributed by atoms with Crippen LogP contribution >= 0.6 is 0 Å². The molecule has 2 saturated heterocycles. The second-order valence-corrected chi connectivity index (χ2v) is 7.11. The third-order valence-electron chi connectivity index (χ3n) is 5.36. The van der Waals surface area contributed by atoms with Crippen molar-refractivity contribution < 1.29 is 14.0 Å². The predicted octanol–water partition coefficient (Wildman–Crippen LogP) is 1.24. The molecule has 2 aliphatic heterocycles. The van der Waals surface area contributed by atoms with Gasteiger partial charge in [0.05, 0.1) is 0 Å². The van der Waals surface area contributed by atoms with Gasteiger partial charge in [0.1, 0.15) is 12.2 Å². The van der Waals surface area contributed by atoms with Crippen LogP contribution in [-0.2, 0) is 9.63 Å². The van der Waals surface area contributed by atoms with Crippen molar-refractivity contribution in [2.75, 3.05) is 6.54 Å². The molecule has 6 unspecified atom stereocenters. The summed E-state index contributed by atoms with van der Waals surface area (Å²) in [4.78, 5) is 18.0. The minimum Gasteiger partial charge on any atom is -0.328 e. The molecule has 0 aromatic carbocycles. The molecule has 0 aromatic heterocycles. The van der Waals surface area contributed by atoms with Gasteiger partial charge in [0.15, 0.2) is 6.23 Å². The molecular weight excluding hydrogens is 299 g/mol. The number of carbonyl (C=O) groups excluding carboxylic acids is 1. The summed E-state index contributed by atoms with van der Waals surface area (Å²) < 4.78 is 14.1. The van der Waals surface area contributed by atoms with Crippen LogP contribution in [0, 0.1) is 5.92 Å². The Morgan fingerprint density at radius 1 is 1.35 bits per heavy atom. The van der Waals surface area contributed by atoms with Crippen LogP contribution in [0.1, 0.15) is 52.4 Å². The molecule has 0 spiro atoms. The van der Waals surface area contributed by atoms with Gasteiger partial charge in [-0.3, -0.25) is 15.1 Å². The van der Waals surface area contributed by atoms with Crippen LogP contribution in [0.4, 0.5) is 4.39 Å². The summed E-state index contributed by atoms with van der Waals surface area (Å²) in [5.41, 5.74) is 6.24. The SMILES string of the molecule is CCN1NC(C)CC1C(=O)NC1CC(C2CCCCC2F)NO1. The summed E-state index contributed by atoms with van der Waals surface area (Å²) in [5.74, 6) is -0.0115. The topological polar surface area (TPSA) is 65.6 Å². The number of carbonyl (C=O) groups is 1. The number of nitrogens with zero attached hydrogens (tertiary/aromatic N) is 1. The van der Waals surface area contributed by atoms with E-state index in [2.05, 4.69) is 23.1 Å². The number of rotatable bonds is 4. The van der Waals surface area contributed by atoms with Gasteiger partial charge in [0, 0.05) is 31.0 Å². The second kappa shape index (κ2) is 7.42. The Morgan fingerprint density at radius 3 is 2.87 bits per heavy atom. The van der Waals surface area contributed by atoms with Crippen LogP contribution in [-0.4, -0.2) is 48.0 Å². The average Bonchev–Trinajstić information content (AvgIpc) is 3.14. The van der Waals surface area contributed by atoms with E-state index in [4.69, 9.17) is 4.84 Å². The van der Waals surface area contributed by atoms with Crippen molar-refractivity contribution in [1.29, 1.82) is 0 Å². The van der Waals surface area contributed by atoms with Gasteiger partial charge in [-0.1, -0.05) is 19.8 Å². The highest BCUT2D eigenvalue weighted by atomic mass is 19.1. The molecule has 132 valence electrons. The second-order valence-electron chi connectivity index (χ2n) is 7.11. The summed E-state index contributed by atoms with van der Waals surface area (Å²) in [7, 11) is 0. The van der Waals surface area contributed by atoms with E-state index < -0.39 is 6.17 Å². The molecule has 2 heterocycles. The van der Waals surface area contributed by atoms with Gasteiger partial charge in [-0.15, -0.1) is 0 Å². The lowest BCUT2D eigenvalue weighted by molar-refractivity contribution is -0.130. The highest BCUT2D eigenvalue weighted by Crippen LogP contribution is 2.32. The van der Waals surface area contributed by atoms with Gasteiger partial charge in [-0.05, 0) is 26.2 Å². The predicted molar refractivity (Wildman–Crippen MR) is 84.8 cm³/mol. The van der Waals surface area contributed by atoms with Gasteiger partial charge >= 0.3 is 0 Å². The third kappa shape index (κ3) is 3.84. The quantitative estimate of drug-likeness (QED) is 0.725. The molecule has 3 N–H and O–H groups in total. The molecule has 1 aliphatic carbocycles. The molecule has 6 nitrogen and oxygen atoms in total. The summed E-state index contributed by atoms with van der Waals surface area (Å²) in [6.07, 6.45) is 3.92. The average molecular weight is 328 g/mol. The Labute approximate surface area is 137 Å². The molecule has 0 radical (unpaired) electrons. The van der Waals surface area contributed by atoms with Crippen molar-refractivity contribution in [3.05, 3.63) is 0 Å². The van der Waals surface area contributed by atoms with E-state index >= 15 is 0 Å². The molecule has 23 heavy (non-hydrogen) atoms. The summed E-state index contributed by atoms with van der Waals surface area (Å²) in [6, 6.07) is 0.135. The van der Waals surface area contributed by atoms with Gasteiger partial charge in [-0.2, -0.15) is 5.48 Å². The molecule has 7 heteroatoms. The van der Waals surface area contributed by atoms with Gasteiger partial charge < -0.3 is 5.32 Å². The highest BCUT2D eigenvalue weighted by molar-refractivity contribution is 5.82. The number of nitrogens with one attached hydrogen (secondary N) is 3. The molecule has 0 aromatic rings. The molecule has 1 saturated carbocycles. The lowest BCUT2D eigenvalue weighted by atomic mass is 9.81. The molecular formula is C16H29FN4O2. The molecule has 1 amide bonds. The third-order valence-corrected chi connectivity index (χ3v) is 5.36. The van der Waals surface area contributed by atoms with Crippen molar-refractivity contribution in [2.45, 2.75) is 82.9 Å². The van der Waals surface area contributed by atoms with E-state index in [0.717, 1.165) is 32.2 Å². The molecule has 3 fully saturated rings. The van der Waals surface area contributed by atoms with E-state index in [-0.39, 0.29) is 30.1 Å². The van der Waals surface area contributed by atoms with Crippen molar-refractivity contribution in [3.8, 4) is 0 Å². The largest absolute Gasteiger partial charge is 0.328 e. The smallest absolute Gasteiger partial charge is 0.240 e. The Kier molecular flexibility index (Phi) is 5.51. The maximum Gasteiger partial charge on any atom is 0.240 e. The Morgan fingerprint density at radius 2 is 2.13 bits per heavy atom. The zero-order valence-corrected chi connectivity index (χ0v) is 14.1. The Balaban J connectivity index is 1.50. The molecule has 3 aliphatic rings. The fourth-order valence-corrected chi connectivity index (χ4v) is 4.12. The number of hydrazine groups is 1. The number of amides is 1. The van der Waals surface area contributed by atoms with E-state index in [0.29, 0.717) is 18.9 Å². The van der Waals surface area contributed by atoms with Crippen LogP contribution in [0.5, 0.6) is 0 Å². The molecule has 3 rings (SSSR count). The van der Waals surface area contributed by atoms with Crippen molar-refractivity contribution >= 4 is 5.91 Å². The minimum atomic E-state index is -0.755. The van der Waals surface area contributed by atoms with Crippen molar-refractivity contribution in [2.24, 2.45) is 5.92 Å². The van der Waals surface area contributed by atoms with E-state index in [1.54, 1.807) is 0 Å². The number of hydrogen-bond acceptors (Lipinski definition) is 5. The first-order valence-electron chi connectivity index (χ1n) is 8.97. The first-order valence-corrected chi connectivity index (χ1v) is 8.97. The summed E-state index contributed by atoms with van der Waals surface area (Å²) >= 11 is 0. The summed E-state index contributed by atoms with van der Waals surface area (Å²) in [5, 5.41) is 4.93.